The van der Waals surface area contributed by atoms with Gasteiger partial charge in [-0.3, -0.25) is 10.7 Å². The highest BCUT2D eigenvalue weighted by Crippen LogP contribution is 2.36. The predicted molar refractivity (Wildman–Crippen MR) is 124 cm³/mol. The van der Waals surface area contributed by atoms with E-state index in [1.807, 2.05) is 88.2 Å². The van der Waals surface area contributed by atoms with Crippen molar-refractivity contribution in [1.29, 1.82) is 10.7 Å². The van der Waals surface area contributed by atoms with Crippen LogP contribution in [-0.2, 0) is 0 Å². The third kappa shape index (κ3) is 3.85. The normalized spacial score (nSPS) is 11.6. The number of hydrogen-bond donors (Lipinski definition) is 2. The number of nitrogens with zero attached hydrogens (tertiary/aromatic N) is 2. The minimum absolute atomic E-state index is 0.259. The molecule has 0 fully saturated rings. The van der Waals surface area contributed by atoms with Gasteiger partial charge in [0.2, 0.25) is 0 Å². The van der Waals surface area contributed by atoms with Crippen LogP contribution in [0.5, 0.6) is 0 Å². The molecule has 1 unspecified atom stereocenters. The maximum absolute atomic E-state index is 9.77. The van der Waals surface area contributed by atoms with Crippen LogP contribution >= 0.6 is 0 Å². The summed E-state index contributed by atoms with van der Waals surface area (Å²) in [5, 5.41) is 22.4. The van der Waals surface area contributed by atoms with Crippen LogP contribution in [0, 0.1) is 44.4 Å². The van der Waals surface area contributed by atoms with Crippen LogP contribution in [0.15, 0.2) is 60.7 Å². The minimum atomic E-state index is -0.259. The zero-order valence-corrected chi connectivity index (χ0v) is 18.2. The molecule has 0 aliphatic rings. The van der Waals surface area contributed by atoms with Crippen molar-refractivity contribution in [3.63, 3.8) is 0 Å². The Labute approximate surface area is 179 Å². The van der Waals surface area contributed by atoms with Gasteiger partial charge in [0.1, 0.15) is 12.0 Å². The lowest BCUT2D eigenvalue weighted by molar-refractivity contribution is 0.610. The van der Waals surface area contributed by atoms with Gasteiger partial charge in [0.25, 0.3) is 0 Å². The Balaban J connectivity index is 2.30. The van der Waals surface area contributed by atoms with E-state index in [4.69, 9.17) is 0 Å². The molecule has 0 radical (unpaired) electrons. The lowest BCUT2D eigenvalue weighted by Crippen LogP contribution is -2.42. The number of aryl methyl sites for hydroxylation is 3. The summed E-state index contributed by atoms with van der Waals surface area (Å²) in [7, 11) is 1.90. The first-order chi connectivity index (χ1) is 14.4. The molecule has 4 nitrogen and oxygen atoms in total. The third-order valence-corrected chi connectivity index (χ3v) is 5.57. The summed E-state index contributed by atoms with van der Waals surface area (Å²) >= 11 is 0. The van der Waals surface area contributed by atoms with E-state index in [9.17, 15) is 10.7 Å². The molecule has 0 aliphatic heterocycles. The molecule has 0 heterocycles. The largest absolute Gasteiger partial charge is 0.305 e. The minimum Gasteiger partial charge on any atom is -0.305 e. The molecule has 1 atom stereocenters. The number of nitriles is 1. The molecule has 0 aromatic heterocycles. The second kappa shape index (κ2) is 8.94. The van der Waals surface area contributed by atoms with Crippen LogP contribution in [0.4, 0.5) is 5.69 Å². The first-order valence-electron chi connectivity index (χ1n) is 10.1. The highest BCUT2D eigenvalue weighted by molar-refractivity contribution is 6.10. The maximum atomic E-state index is 9.77. The molecule has 3 aromatic rings. The SMILES string of the molecule is CNC(c1ccccc1)N(C(=N)c1ccccc1C)c1c(C)cc(C)c(C#N)c1C. The van der Waals surface area contributed by atoms with Gasteiger partial charge in [-0.15, -0.1) is 0 Å². The standard InChI is InChI=1S/C26H28N4/c1-17-11-9-10-14-22(17)25(28)30(26(29-5)21-12-7-6-8-13-21)24-19(3)15-18(2)23(16-27)20(24)4/h6-15,26,28-29H,1-5H3. The average molecular weight is 397 g/mol. The first kappa shape index (κ1) is 21.3. The molecule has 3 aromatic carbocycles. The summed E-state index contributed by atoms with van der Waals surface area (Å²) in [6, 6.07) is 22.5. The van der Waals surface area contributed by atoms with Crippen LogP contribution in [0.2, 0.25) is 0 Å². The molecular formula is C26H28N4. The van der Waals surface area contributed by atoms with Crippen LogP contribution in [0.1, 0.15) is 45.1 Å². The number of rotatable bonds is 5. The van der Waals surface area contributed by atoms with Crippen molar-refractivity contribution in [3.8, 4) is 6.07 Å². The van der Waals surface area contributed by atoms with Gasteiger partial charge < -0.3 is 4.90 Å². The zero-order valence-electron chi connectivity index (χ0n) is 18.2. The maximum Gasteiger partial charge on any atom is 0.134 e. The van der Waals surface area contributed by atoms with E-state index >= 15 is 0 Å². The van der Waals surface area contributed by atoms with Crippen LogP contribution in [-0.4, -0.2) is 12.9 Å². The molecule has 0 bridgehead atoms. The van der Waals surface area contributed by atoms with Crippen LogP contribution in [0.25, 0.3) is 0 Å². The second-order valence-electron chi connectivity index (χ2n) is 7.61. The Morgan fingerprint density at radius 1 is 0.933 bits per heavy atom. The van der Waals surface area contributed by atoms with E-state index in [0.29, 0.717) is 11.4 Å². The topological polar surface area (TPSA) is 62.9 Å². The number of benzene rings is 3. The molecule has 3 rings (SSSR count). The van der Waals surface area contributed by atoms with Crippen molar-refractivity contribution in [2.75, 3.05) is 11.9 Å². The monoisotopic (exact) mass is 396 g/mol. The molecule has 0 aliphatic carbocycles. The Morgan fingerprint density at radius 3 is 2.17 bits per heavy atom. The highest BCUT2D eigenvalue weighted by atomic mass is 15.3. The van der Waals surface area contributed by atoms with Gasteiger partial charge in [-0.25, -0.2) is 0 Å². The molecular weight excluding hydrogens is 368 g/mol. The number of hydrogen-bond acceptors (Lipinski definition) is 3. The van der Waals surface area contributed by atoms with Crippen molar-refractivity contribution >= 4 is 11.5 Å². The van der Waals surface area contributed by atoms with E-state index in [1.165, 1.54) is 0 Å². The summed E-state index contributed by atoms with van der Waals surface area (Å²) in [5.41, 5.74) is 7.41. The summed E-state index contributed by atoms with van der Waals surface area (Å²) in [6.45, 7) is 8.01. The Kier molecular flexibility index (Phi) is 6.34. The van der Waals surface area contributed by atoms with Crippen molar-refractivity contribution < 1.29 is 0 Å². The average Bonchev–Trinajstić information content (AvgIpc) is 2.74. The summed E-state index contributed by atoms with van der Waals surface area (Å²) in [6.07, 6.45) is -0.259. The fourth-order valence-corrected chi connectivity index (χ4v) is 4.14. The summed E-state index contributed by atoms with van der Waals surface area (Å²) in [5.74, 6) is 0.398. The molecule has 0 saturated heterocycles. The fraction of sp³-hybridized carbons (Fsp3) is 0.231. The van der Waals surface area contributed by atoms with Crippen molar-refractivity contribution in [3.05, 3.63) is 99.6 Å². The zero-order chi connectivity index (χ0) is 21.8. The lowest BCUT2D eigenvalue weighted by atomic mass is 9.95. The van der Waals surface area contributed by atoms with Gasteiger partial charge in [-0.1, -0.05) is 60.7 Å². The van der Waals surface area contributed by atoms with E-state index in [-0.39, 0.29) is 6.17 Å². The number of anilines is 1. The summed E-state index contributed by atoms with van der Waals surface area (Å²) < 4.78 is 0. The first-order valence-corrected chi connectivity index (χ1v) is 10.1. The Hall–Kier alpha value is -3.42. The van der Waals surface area contributed by atoms with Gasteiger partial charge in [0, 0.05) is 5.56 Å². The molecule has 152 valence electrons. The van der Waals surface area contributed by atoms with E-state index in [1.54, 1.807) is 0 Å². The van der Waals surface area contributed by atoms with Crippen LogP contribution < -0.4 is 10.2 Å². The quantitative estimate of drug-likeness (QED) is 0.338. The Bertz CT molecular complexity index is 1110. The molecule has 2 N–H and O–H groups in total. The smallest absolute Gasteiger partial charge is 0.134 e. The fourth-order valence-electron chi connectivity index (χ4n) is 4.14. The van der Waals surface area contributed by atoms with Gasteiger partial charge in [-0.2, -0.15) is 5.26 Å². The van der Waals surface area contributed by atoms with Crippen LogP contribution in [0.3, 0.4) is 0 Å². The number of amidine groups is 1. The molecule has 0 amide bonds. The van der Waals surface area contributed by atoms with Gasteiger partial charge in [0.15, 0.2) is 0 Å². The Morgan fingerprint density at radius 2 is 1.57 bits per heavy atom. The molecule has 0 saturated carbocycles. The summed E-state index contributed by atoms with van der Waals surface area (Å²) in [4.78, 5) is 2.02. The van der Waals surface area contributed by atoms with Crippen molar-refractivity contribution in [2.45, 2.75) is 33.9 Å². The third-order valence-electron chi connectivity index (χ3n) is 5.57. The predicted octanol–water partition coefficient (Wildman–Crippen LogP) is 5.54. The van der Waals surface area contributed by atoms with E-state index in [0.717, 1.165) is 39.1 Å². The lowest BCUT2D eigenvalue weighted by Gasteiger charge is -2.37. The second-order valence-corrected chi connectivity index (χ2v) is 7.61. The number of nitrogens with one attached hydrogen (secondary N) is 2. The van der Waals surface area contributed by atoms with Crippen molar-refractivity contribution in [2.24, 2.45) is 0 Å². The highest BCUT2D eigenvalue weighted by Gasteiger charge is 2.28. The van der Waals surface area contributed by atoms with Crippen molar-refractivity contribution in [1.82, 2.24) is 5.32 Å². The van der Waals surface area contributed by atoms with E-state index in [2.05, 4.69) is 23.5 Å². The molecule has 0 spiro atoms. The van der Waals surface area contributed by atoms with Gasteiger partial charge >= 0.3 is 0 Å². The van der Waals surface area contributed by atoms with E-state index < -0.39 is 0 Å². The molecule has 4 heteroatoms. The van der Waals surface area contributed by atoms with Gasteiger partial charge in [0.05, 0.1) is 17.3 Å². The molecule has 30 heavy (non-hydrogen) atoms. The van der Waals surface area contributed by atoms with Gasteiger partial charge in [-0.05, 0) is 62.6 Å².